The van der Waals surface area contributed by atoms with Crippen LogP contribution < -0.4 is 10.6 Å². The van der Waals surface area contributed by atoms with Crippen molar-refractivity contribution < 1.29 is 18.0 Å². The van der Waals surface area contributed by atoms with Crippen molar-refractivity contribution in [1.29, 1.82) is 0 Å². The van der Waals surface area contributed by atoms with Crippen molar-refractivity contribution in [3.05, 3.63) is 53.1 Å². The summed E-state index contributed by atoms with van der Waals surface area (Å²) in [6, 6.07) is 10.4. The molecule has 7 nitrogen and oxygen atoms in total. The SMILES string of the molecule is CCC(=O)Nc1ccc(NC(=O)c2cc(S(=O)(=O)N(C)C(C)C)ccc2Cl)cc1. The molecular formula is C20H24ClN3O4S. The number of halogens is 1. The van der Waals surface area contributed by atoms with Gasteiger partial charge in [0.1, 0.15) is 0 Å². The minimum atomic E-state index is -3.75. The zero-order chi connectivity index (χ0) is 21.8. The van der Waals surface area contributed by atoms with Gasteiger partial charge in [0.15, 0.2) is 0 Å². The van der Waals surface area contributed by atoms with Crippen LogP contribution in [-0.4, -0.2) is 37.6 Å². The summed E-state index contributed by atoms with van der Waals surface area (Å²) in [5, 5.41) is 5.53. The Balaban J connectivity index is 2.24. The van der Waals surface area contributed by atoms with E-state index in [4.69, 9.17) is 11.6 Å². The first-order valence-corrected chi connectivity index (χ1v) is 10.9. The van der Waals surface area contributed by atoms with E-state index in [0.717, 1.165) is 0 Å². The third-order valence-electron chi connectivity index (χ3n) is 4.33. The number of carbonyl (C=O) groups is 2. The first-order chi connectivity index (χ1) is 13.6. The lowest BCUT2D eigenvalue weighted by Gasteiger charge is -2.21. The molecule has 2 N–H and O–H groups in total. The highest BCUT2D eigenvalue weighted by molar-refractivity contribution is 7.89. The largest absolute Gasteiger partial charge is 0.326 e. The predicted octanol–water partition coefficient (Wildman–Crippen LogP) is 3.97. The van der Waals surface area contributed by atoms with Crippen LogP contribution in [0.1, 0.15) is 37.6 Å². The second-order valence-electron chi connectivity index (χ2n) is 6.69. The summed E-state index contributed by atoms with van der Waals surface area (Å²) in [6.07, 6.45) is 0.363. The predicted molar refractivity (Wildman–Crippen MR) is 115 cm³/mol. The maximum atomic E-state index is 12.7. The lowest BCUT2D eigenvalue weighted by atomic mass is 10.2. The molecule has 2 amide bonds. The maximum Gasteiger partial charge on any atom is 0.257 e. The molecule has 29 heavy (non-hydrogen) atoms. The number of rotatable bonds is 7. The number of benzene rings is 2. The van der Waals surface area contributed by atoms with Gasteiger partial charge in [-0.05, 0) is 56.3 Å². The number of sulfonamides is 1. The standard InChI is InChI=1S/C20H24ClN3O4S/c1-5-19(25)22-14-6-8-15(9-7-14)23-20(26)17-12-16(10-11-18(17)21)29(27,28)24(4)13(2)3/h6-13H,5H2,1-4H3,(H,22,25)(H,23,26). The van der Waals surface area contributed by atoms with Crippen LogP contribution in [0.5, 0.6) is 0 Å². The Bertz CT molecular complexity index is 1000. The highest BCUT2D eigenvalue weighted by atomic mass is 35.5. The van der Waals surface area contributed by atoms with E-state index in [1.165, 1.54) is 29.6 Å². The summed E-state index contributed by atoms with van der Waals surface area (Å²) in [7, 11) is -2.27. The van der Waals surface area contributed by atoms with E-state index < -0.39 is 15.9 Å². The van der Waals surface area contributed by atoms with Crippen molar-refractivity contribution in [1.82, 2.24) is 4.31 Å². The fourth-order valence-electron chi connectivity index (χ4n) is 2.37. The van der Waals surface area contributed by atoms with Gasteiger partial charge < -0.3 is 10.6 Å². The summed E-state index contributed by atoms with van der Waals surface area (Å²) < 4.78 is 26.6. The fraction of sp³-hybridized carbons (Fsp3) is 0.300. The van der Waals surface area contributed by atoms with Crippen LogP contribution in [-0.2, 0) is 14.8 Å². The van der Waals surface area contributed by atoms with E-state index in [0.29, 0.717) is 17.8 Å². The summed E-state index contributed by atoms with van der Waals surface area (Å²) in [5.74, 6) is -0.650. The van der Waals surface area contributed by atoms with Crippen LogP contribution in [0.2, 0.25) is 5.02 Å². The average molecular weight is 438 g/mol. The number of hydrogen-bond donors (Lipinski definition) is 2. The molecule has 9 heteroatoms. The summed E-state index contributed by atoms with van der Waals surface area (Å²) >= 11 is 6.13. The van der Waals surface area contributed by atoms with Gasteiger partial charge in [-0.2, -0.15) is 4.31 Å². The van der Waals surface area contributed by atoms with Crippen molar-refractivity contribution >= 4 is 44.8 Å². The van der Waals surface area contributed by atoms with Crippen molar-refractivity contribution in [3.8, 4) is 0 Å². The van der Waals surface area contributed by atoms with Gasteiger partial charge in [0.2, 0.25) is 15.9 Å². The lowest BCUT2D eigenvalue weighted by molar-refractivity contribution is -0.115. The second-order valence-corrected chi connectivity index (χ2v) is 9.09. The number of hydrogen-bond acceptors (Lipinski definition) is 4. The van der Waals surface area contributed by atoms with Gasteiger partial charge in [-0.25, -0.2) is 8.42 Å². The molecule has 2 aromatic carbocycles. The van der Waals surface area contributed by atoms with Gasteiger partial charge in [0.25, 0.3) is 5.91 Å². The van der Waals surface area contributed by atoms with Crippen LogP contribution in [0.15, 0.2) is 47.4 Å². The molecule has 0 atom stereocenters. The van der Waals surface area contributed by atoms with E-state index in [2.05, 4.69) is 10.6 Å². The Morgan fingerprint density at radius 3 is 2.10 bits per heavy atom. The van der Waals surface area contributed by atoms with Crippen LogP contribution in [0.4, 0.5) is 11.4 Å². The monoisotopic (exact) mass is 437 g/mol. The third-order valence-corrected chi connectivity index (χ3v) is 6.69. The molecule has 0 aliphatic rings. The molecule has 0 bridgehead atoms. The van der Waals surface area contributed by atoms with E-state index >= 15 is 0 Å². The number of amides is 2. The number of nitrogens with zero attached hydrogens (tertiary/aromatic N) is 1. The molecule has 0 heterocycles. The van der Waals surface area contributed by atoms with Crippen LogP contribution in [0, 0.1) is 0 Å². The van der Waals surface area contributed by atoms with Gasteiger partial charge in [0.05, 0.1) is 15.5 Å². The highest BCUT2D eigenvalue weighted by Crippen LogP contribution is 2.24. The molecule has 0 aliphatic heterocycles. The molecule has 156 valence electrons. The average Bonchev–Trinajstić information content (AvgIpc) is 2.68. The fourth-order valence-corrected chi connectivity index (χ4v) is 3.97. The normalized spacial score (nSPS) is 11.6. The second kappa shape index (κ2) is 9.39. The Labute approximate surface area is 176 Å². The molecule has 0 saturated carbocycles. The van der Waals surface area contributed by atoms with Crippen molar-refractivity contribution in [3.63, 3.8) is 0 Å². The molecule has 0 saturated heterocycles. The first kappa shape index (κ1) is 22.9. The molecular weight excluding hydrogens is 414 g/mol. The van der Waals surface area contributed by atoms with Crippen LogP contribution in [0.3, 0.4) is 0 Å². The Morgan fingerprint density at radius 2 is 1.59 bits per heavy atom. The molecule has 0 aliphatic carbocycles. The minimum absolute atomic E-state index is 0.0131. The van der Waals surface area contributed by atoms with Gasteiger partial charge in [0, 0.05) is 30.9 Å². The van der Waals surface area contributed by atoms with E-state index in [-0.39, 0.29) is 27.4 Å². The van der Waals surface area contributed by atoms with Crippen LogP contribution in [0.25, 0.3) is 0 Å². The molecule has 2 rings (SSSR count). The molecule has 0 fully saturated rings. The quantitative estimate of drug-likeness (QED) is 0.685. The third kappa shape index (κ3) is 5.56. The Morgan fingerprint density at radius 1 is 1.03 bits per heavy atom. The minimum Gasteiger partial charge on any atom is -0.326 e. The zero-order valence-corrected chi connectivity index (χ0v) is 18.3. The van der Waals surface area contributed by atoms with Crippen molar-refractivity contribution in [2.24, 2.45) is 0 Å². The number of anilines is 2. The van der Waals surface area contributed by atoms with E-state index in [1.807, 2.05) is 0 Å². The molecule has 0 radical (unpaired) electrons. The van der Waals surface area contributed by atoms with E-state index in [1.54, 1.807) is 45.0 Å². The zero-order valence-electron chi connectivity index (χ0n) is 16.7. The maximum absolute atomic E-state index is 12.7. The molecule has 2 aromatic rings. The van der Waals surface area contributed by atoms with Gasteiger partial charge in [-0.1, -0.05) is 18.5 Å². The highest BCUT2D eigenvalue weighted by Gasteiger charge is 2.25. The number of carbonyl (C=O) groups excluding carboxylic acids is 2. The summed E-state index contributed by atoms with van der Waals surface area (Å²) in [4.78, 5) is 24.1. The van der Waals surface area contributed by atoms with Crippen LogP contribution >= 0.6 is 11.6 Å². The van der Waals surface area contributed by atoms with Gasteiger partial charge >= 0.3 is 0 Å². The van der Waals surface area contributed by atoms with E-state index in [9.17, 15) is 18.0 Å². The molecule has 0 aromatic heterocycles. The summed E-state index contributed by atoms with van der Waals surface area (Å²) in [6.45, 7) is 5.27. The number of nitrogens with one attached hydrogen (secondary N) is 2. The van der Waals surface area contributed by atoms with Crippen molar-refractivity contribution in [2.75, 3.05) is 17.7 Å². The van der Waals surface area contributed by atoms with Gasteiger partial charge in [-0.15, -0.1) is 0 Å². The lowest BCUT2D eigenvalue weighted by Crippen LogP contribution is -2.33. The molecule has 0 unspecified atom stereocenters. The Hall–Kier alpha value is -2.42. The summed E-state index contributed by atoms with van der Waals surface area (Å²) in [5.41, 5.74) is 1.14. The Kier molecular flexibility index (Phi) is 7.40. The smallest absolute Gasteiger partial charge is 0.257 e. The molecule has 0 spiro atoms. The first-order valence-electron chi connectivity index (χ1n) is 9.05. The topological polar surface area (TPSA) is 95.6 Å². The van der Waals surface area contributed by atoms with Gasteiger partial charge in [-0.3, -0.25) is 9.59 Å². The van der Waals surface area contributed by atoms with Crippen molar-refractivity contribution in [2.45, 2.75) is 38.1 Å².